The normalized spacial score (nSPS) is 10.2. The quantitative estimate of drug-likeness (QED) is 0.869. The first kappa shape index (κ1) is 17.2. The Morgan fingerprint density at radius 2 is 1.83 bits per heavy atom. The Bertz CT molecular complexity index is 698. The number of hydrogen-bond acceptors (Lipinski definition) is 2. The Kier molecular flexibility index (Phi) is 5.93. The number of nitrogens with one attached hydrogen (secondary N) is 1. The van der Waals surface area contributed by atoms with E-state index in [2.05, 4.69) is 21.2 Å². The number of aryl methyl sites for hydroxylation is 1. The van der Waals surface area contributed by atoms with Crippen LogP contribution in [0.5, 0.6) is 0 Å². The van der Waals surface area contributed by atoms with Gasteiger partial charge in [-0.05, 0) is 55.8 Å². The average Bonchev–Trinajstić information content (AvgIpc) is 2.54. The van der Waals surface area contributed by atoms with Gasteiger partial charge < -0.3 is 10.2 Å². The first-order valence-corrected chi connectivity index (χ1v) is 8.21. The molecule has 0 aromatic heterocycles. The molecule has 120 valence electrons. The molecule has 0 aliphatic rings. The van der Waals surface area contributed by atoms with E-state index in [1.54, 1.807) is 29.2 Å². The largest absolute Gasteiger partial charge is 0.343 e. The maximum Gasteiger partial charge on any atom is 0.251 e. The molecule has 0 aliphatic carbocycles. The molecule has 5 heteroatoms. The zero-order chi connectivity index (χ0) is 16.8. The van der Waals surface area contributed by atoms with Gasteiger partial charge >= 0.3 is 0 Å². The second-order valence-electron chi connectivity index (χ2n) is 5.17. The molecule has 0 fully saturated rings. The number of hydrogen-bond donors (Lipinski definition) is 1. The summed E-state index contributed by atoms with van der Waals surface area (Å²) in [5.74, 6) is -0.394. The lowest BCUT2D eigenvalue weighted by Gasteiger charge is -2.21. The van der Waals surface area contributed by atoms with Gasteiger partial charge in [0.1, 0.15) is 0 Å². The third kappa shape index (κ3) is 4.66. The number of benzene rings is 2. The molecule has 0 radical (unpaired) electrons. The Morgan fingerprint density at radius 1 is 1.13 bits per heavy atom. The minimum absolute atomic E-state index is 0.0311. The summed E-state index contributed by atoms with van der Waals surface area (Å²) in [6, 6.07) is 14.8. The molecule has 0 bridgehead atoms. The van der Waals surface area contributed by atoms with Crippen LogP contribution in [0.3, 0.4) is 0 Å². The predicted octanol–water partition coefficient (Wildman–Crippen LogP) is 3.54. The van der Waals surface area contributed by atoms with Crippen LogP contribution in [0.1, 0.15) is 22.8 Å². The lowest BCUT2D eigenvalue weighted by atomic mass is 10.2. The highest BCUT2D eigenvalue weighted by Crippen LogP contribution is 2.16. The molecule has 2 rings (SSSR count). The molecule has 4 nitrogen and oxygen atoms in total. The molecular weight excluding hydrogens is 356 g/mol. The maximum absolute atomic E-state index is 12.4. The highest BCUT2D eigenvalue weighted by atomic mass is 79.9. The second-order valence-corrected chi connectivity index (χ2v) is 6.08. The van der Waals surface area contributed by atoms with Crippen LogP contribution in [0.15, 0.2) is 53.0 Å². The molecule has 0 aliphatic heterocycles. The minimum atomic E-state index is -0.258. The fourth-order valence-electron chi connectivity index (χ4n) is 2.25. The topological polar surface area (TPSA) is 49.4 Å². The predicted molar refractivity (Wildman–Crippen MR) is 95.7 cm³/mol. The van der Waals surface area contributed by atoms with E-state index in [1.807, 2.05) is 38.1 Å². The maximum atomic E-state index is 12.4. The SMILES string of the molecule is CCN(C(=O)CNC(=O)c1ccc(Br)cc1)c1cccc(C)c1. The fourth-order valence-corrected chi connectivity index (χ4v) is 2.52. The van der Waals surface area contributed by atoms with Gasteiger partial charge in [0.15, 0.2) is 0 Å². The van der Waals surface area contributed by atoms with E-state index in [0.717, 1.165) is 15.7 Å². The number of carbonyl (C=O) groups is 2. The van der Waals surface area contributed by atoms with Crippen molar-refractivity contribution in [3.05, 3.63) is 64.1 Å². The van der Waals surface area contributed by atoms with Gasteiger partial charge in [0, 0.05) is 22.3 Å². The van der Waals surface area contributed by atoms with Crippen LogP contribution in [-0.2, 0) is 4.79 Å². The summed E-state index contributed by atoms with van der Waals surface area (Å²) < 4.78 is 0.904. The summed E-state index contributed by atoms with van der Waals surface area (Å²) in [7, 11) is 0. The zero-order valence-electron chi connectivity index (χ0n) is 13.2. The third-order valence-electron chi connectivity index (χ3n) is 3.44. The third-order valence-corrected chi connectivity index (χ3v) is 3.97. The van der Waals surface area contributed by atoms with E-state index in [9.17, 15) is 9.59 Å². The van der Waals surface area contributed by atoms with Gasteiger partial charge in [-0.15, -0.1) is 0 Å². The van der Waals surface area contributed by atoms with Crippen molar-refractivity contribution in [2.45, 2.75) is 13.8 Å². The van der Waals surface area contributed by atoms with Crippen molar-refractivity contribution in [2.75, 3.05) is 18.0 Å². The second kappa shape index (κ2) is 7.92. The Hall–Kier alpha value is -2.14. The Balaban J connectivity index is 2.00. The number of nitrogens with zero attached hydrogens (tertiary/aromatic N) is 1. The number of likely N-dealkylation sites (N-methyl/N-ethyl adjacent to an activating group) is 1. The summed E-state index contributed by atoms with van der Waals surface area (Å²) >= 11 is 3.32. The monoisotopic (exact) mass is 374 g/mol. The van der Waals surface area contributed by atoms with Crippen LogP contribution in [0.4, 0.5) is 5.69 Å². The van der Waals surface area contributed by atoms with Gasteiger partial charge in [0.25, 0.3) is 5.91 Å². The summed E-state index contributed by atoms with van der Waals surface area (Å²) in [5.41, 5.74) is 2.46. The molecule has 0 saturated heterocycles. The van der Waals surface area contributed by atoms with Crippen LogP contribution in [0, 0.1) is 6.92 Å². The van der Waals surface area contributed by atoms with Crippen molar-refractivity contribution in [3.63, 3.8) is 0 Å². The molecule has 2 aromatic rings. The van der Waals surface area contributed by atoms with Crippen molar-refractivity contribution in [1.29, 1.82) is 0 Å². The van der Waals surface area contributed by atoms with E-state index >= 15 is 0 Å². The number of anilines is 1. The highest BCUT2D eigenvalue weighted by Gasteiger charge is 2.15. The number of halogens is 1. The van der Waals surface area contributed by atoms with E-state index in [-0.39, 0.29) is 18.4 Å². The van der Waals surface area contributed by atoms with Crippen molar-refractivity contribution >= 4 is 33.4 Å². The Labute approximate surface area is 144 Å². The van der Waals surface area contributed by atoms with Gasteiger partial charge in [-0.1, -0.05) is 28.1 Å². The summed E-state index contributed by atoms with van der Waals surface area (Å²) in [5, 5.41) is 2.67. The fraction of sp³-hybridized carbons (Fsp3) is 0.222. The zero-order valence-corrected chi connectivity index (χ0v) is 14.8. The lowest BCUT2D eigenvalue weighted by molar-refractivity contribution is -0.117. The molecule has 0 spiro atoms. The summed E-state index contributed by atoms with van der Waals surface area (Å²) in [6.45, 7) is 4.42. The van der Waals surface area contributed by atoms with E-state index in [1.165, 1.54) is 0 Å². The van der Waals surface area contributed by atoms with E-state index in [0.29, 0.717) is 12.1 Å². The summed E-state index contributed by atoms with van der Waals surface area (Å²) in [4.78, 5) is 26.1. The van der Waals surface area contributed by atoms with Gasteiger partial charge in [0.05, 0.1) is 6.54 Å². The van der Waals surface area contributed by atoms with Crippen molar-refractivity contribution in [3.8, 4) is 0 Å². The van der Waals surface area contributed by atoms with Gasteiger partial charge in [-0.25, -0.2) is 0 Å². The number of carbonyl (C=O) groups excluding carboxylic acids is 2. The smallest absolute Gasteiger partial charge is 0.251 e. The van der Waals surface area contributed by atoms with Crippen molar-refractivity contribution < 1.29 is 9.59 Å². The van der Waals surface area contributed by atoms with Crippen LogP contribution in [0.2, 0.25) is 0 Å². The molecule has 23 heavy (non-hydrogen) atoms. The molecule has 0 saturated carbocycles. The molecular formula is C18H19BrN2O2. The minimum Gasteiger partial charge on any atom is -0.343 e. The molecule has 2 amide bonds. The van der Waals surface area contributed by atoms with Gasteiger partial charge in [0.2, 0.25) is 5.91 Å². The summed E-state index contributed by atoms with van der Waals surface area (Å²) in [6.07, 6.45) is 0. The first-order chi connectivity index (χ1) is 11.0. The van der Waals surface area contributed by atoms with Crippen molar-refractivity contribution in [1.82, 2.24) is 5.32 Å². The molecule has 2 aromatic carbocycles. The van der Waals surface area contributed by atoms with E-state index in [4.69, 9.17) is 0 Å². The molecule has 1 N–H and O–H groups in total. The van der Waals surface area contributed by atoms with Gasteiger partial charge in [-0.3, -0.25) is 9.59 Å². The number of amides is 2. The highest BCUT2D eigenvalue weighted by molar-refractivity contribution is 9.10. The van der Waals surface area contributed by atoms with Crippen LogP contribution in [0.25, 0.3) is 0 Å². The van der Waals surface area contributed by atoms with Crippen LogP contribution in [-0.4, -0.2) is 24.9 Å². The standard InChI is InChI=1S/C18H19BrN2O2/c1-3-21(16-6-4-5-13(2)11-16)17(22)12-20-18(23)14-7-9-15(19)10-8-14/h4-11H,3,12H2,1-2H3,(H,20,23). The van der Waals surface area contributed by atoms with Crippen molar-refractivity contribution in [2.24, 2.45) is 0 Å². The first-order valence-electron chi connectivity index (χ1n) is 7.42. The molecule has 0 unspecified atom stereocenters. The number of rotatable bonds is 5. The Morgan fingerprint density at radius 3 is 2.43 bits per heavy atom. The van der Waals surface area contributed by atoms with Gasteiger partial charge in [-0.2, -0.15) is 0 Å². The van der Waals surface area contributed by atoms with E-state index < -0.39 is 0 Å². The average molecular weight is 375 g/mol. The molecule has 0 heterocycles. The molecule has 0 atom stereocenters. The van der Waals surface area contributed by atoms with Crippen LogP contribution >= 0.6 is 15.9 Å². The lowest BCUT2D eigenvalue weighted by Crippen LogP contribution is -2.40. The van der Waals surface area contributed by atoms with Crippen LogP contribution < -0.4 is 10.2 Å².